The smallest absolute Gasteiger partial charge is 0.251 e. The number of nitrogens with zero attached hydrogens (tertiary/aromatic N) is 1. The lowest BCUT2D eigenvalue weighted by Gasteiger charge is -2.51. The van der Waals surface area contributed by atoms with Crippen molar-refractivity contribution >= 4 is 21.8 Å². The van der Waals surface area contributed by atoms with Crippen LogP contribution in [-0.2, 0) is 20.4 Å². The first-order valence-corrected chi connectivity index (χ1v) is 12.8. The monoisotopic (exact) mass is 503 g/mol. The van der Waals surface area contributed by atoms with Gasteiger partial charge in [0.2, 0.25) is 15.9 Å². The Bertz CT molecular complexity index is 1220. The van der Waals surface area contributed by atoms with Gasteiger partial charge in [0.1, 0.15) is 5.75 Å². The maximum absolute atomic E-state index is 13.2. The Hall–Kier alpha value is -2.95. The molecular formula is C25H33N3O6S. The number of likely N-dealkylation sites (tertiary alicyclic amines) is 1. The average molecular weight is 504 g/mol. The topological polar surface area (TPSA) is 150 Å². The van der Waals surface area contributed by atoms with Gasteiger partial charge in [-0.05, 0) is 56.2 Å². The molecule has 1 atom stereocenters. The van der Waals surface area contributed by atoms with E-state index in [9.17, 15) is 28.2 Å². The first-order valence-electron chi connectivity index (χ1n) is 11.3. The normalized spacial score (nSPS) is 20.3. The SMILES string of the molecule is CC(C)(CC(=O)N1CC[C@](O)(c2ccc(O)cc2)C(C)(C)C1)NC(=O)c1cccc(S(N)(=O)=O)c1. The number of primary sulfonamides is 1. The molecule has 0 aromatic heterocycles. The highest BCUT2D eigenvalue weighted by molar-refractivity contribution is 7.89. The molecule has 0 bridgehead atoms. The number of phenols is 1. The van der Waals surface area contributed by atoms with Crippen molar-refractivity contribution in [1.29, 1.82) is 0 Å². The van der Waals surface area contributed by atoms with E-state index in [2.05, 4.69) is 5.32 Å². The summed E-state index contributed by atoms with van der Waals surface area (Å²) >= 11 is 0. The third-order valence-electron chi connectivity index (χ3n) is 6.62. The van der Waals surface area contributed by atoms with Crippen LogP contribution in [0, 0.1) is 5.41 Å². The van der Waals surface area contributed by atoms with E-state index >= 15 is 0 Å². The zero-order valence-electron chi connectivity index (χ0n) is 20.4. The summed E-state index contributed by atoms with van der Waals surface area (Å²) < 4.78 is 23.2. The molecule has 2 aromatic carbocycles. The highest BCUT2D eigenvalue weighted by Gasteiger charge is 2.49. The summed E-state index contributed by atoms with van der Waals surface area (Å²) in [5.74, 6) is -0.577. The molecule has 1 heterocycles. The van der Waals surface area contributed by atoms with Crippen molar-refractivity contribution in [2.24, 2.45) is 10.6 Å². The molecule has 0 unspecified atom stereocenters. The van der Waals surface area contributed by atoms with Gasteiger partial charge in [0.15, 0.2) is 0 Å². The van der Waals surface area contributed by atoms with E-state index in [1.54, 1.807) is 30.9 Å². The van der Waals surface area contributed by atoms with Gasteiger partial charge in [0.05, 0.1) is 10.5 Å². The molecule has 5 N–H and O–H groups in total. The van der Waals surface area contributed by atoms with Crippen LogP contribution < -0.4 is 10.5 Å². The lowest BCUT2D eigenvalue weighted by Crippen LogP contribution is -2.58. The summed E-state index contributed by atoms with van der Waals surface area (Å²) in [6, 6.07) is 11.8. The second-order valence-corrected chi connectivity index (χ2v) is 12.0. The summed E-state index contributed by atoms with van der Waals surface area (Å²) in [4.78, 5) is 27.4. The number of piperidine rings is 1. The molecule has 3 rings (SSSR count). The number of sulfonamides is 1. The summed E-state index contributed by atoms with van der Waals surface area (Å²) in [5.41, 5.74) is -1.95. The van der Waals surface area contributed by atoms with Crippen LogP contribution in [0.3, 0.4) is 0 Å². The van der Waals surface area contributed by atoms with Crippen LogP contribution in [0.1, 0.15) is 56.5 Å². The number of aliphatic hydroxyl groups is 1. The number of benzene rings is 2. The number of amides is 2. The van der Waals surface area contributed by atoms with Crippen molar-refractivity contribution in [2.45, 2.75) is 56.6 Å². The van der Waals surface area contributed by atoms with E-state index in [4.69, 9.17) is 5.14 Å². The summed E-state index contributed by atoms with van der Waals surface area (Å²) in [6.45, 7) is 7.86. The van der Waals surface area contributed by atoms with Gasteiger partial charge in [0, 0.05) is 36.0 Å². The Morgan fingerprint density at radius 2 is 1.77 bits per heavy atom. The molecule has 190 valence electrons. The molecule has 10 heteroatoms. The number of phenolic OH excluding ortho intramolecular Hbond substituents is 1. The molecular weight excluding hydrogens is 470 g/mol. The number of nitrogens with one attached hydrogen (secondary N) is 1. The van der Waals surface area contributed by atoms with Crippen LogP contribution in [-0.4, -0.2) is 54.0 Å². The number of hydrogen-bond acceptors (Lipinski definition) is 6. The Balaban J connectivity index is 1.68. The van der Waals surface area contributed by atoms with Crippen molar-refractivity contribution in [3.05, 3.63) is 59.7 Å². The molecule has 1 aliphatic rings. The largest absolute Gasteiger partial charge is 0.508 e. The first-order chi connectivity index (χ1) is 16.0. The minimum Gasteiger partial charge on any atom is -0.508 e. The highest BCUT2D eigenvalue weighted by atomic mass is 32.2. The lowest BCUT2D eigenvalue weighted by molar-refractivity contribution is -0.154. The van der Waals surface area contributed by atoms with Crippen molar-refractivity contribution < 1.29 is 28.2 Å². The fourth-order valence-electron chi connectivity index (χ4n) is 4.54. The molecule has 1 fully saturated rings. The van der Waals surface area contributed by atoms with E-state index in [1.165, 1.54) is 36.4 Å². The molecule has 1 saturated heterocycles. The fourth-order valence-corrected chi connectivity index (χ4v) is 5.09. The molecule has 0 radical (unpaired) electrons. The van der Waals surface area contributed by atoms with Crippen molar-refractivity contribution in [2.75, 3.05) is 13.1 Å². The van der Waals surface area contributed by atoms with Crippen molar-refractivity contribution in [3.63, 3.8) is 0 Å². The number of carbonyl (C=O) groups is 2. The van der Waals surface area contributed by atoms with Crippen LogP contribution in [0.4, 0.5) is 0 Å². The molecule has 35 heavy (non-hydrogen) atoms. The molecule has 0 saturated carbocycles. The van der Waals surface area contributed by atoms with Crippen molar-refractivity contribution in [3.8, 4) is 5.75 Å². The number of rotatable bonds is 6. The lowest BCUT2D eigenvalue weighted by atomic mass is 9.66. The van der Waals surface area contributed by atoms with Gasteiger partial charge in [-0.1, -0.05) is 32.0 Å². The van der Waals surface area contributed by atoms with Gasteiger partial charge in [-0.2, -0.15) is 0 Å². The van der Waals surface area contributed by atoms with Gasteiger partial charge < -0.3 is 20.4 Å². The van der Waals surface area contributed by atoms with Gasteiger partial charge in [-0.3, -0.25) is 9.59 Å². The van der Waals surface area contributed by atoms with Crippen LogP contribution >= 0.6 is 0 Å². The van der Waals surface area contributed by atoms with Gasteiger partial charge in [0.25, 0.3) is 5.91 Å². The average Bonchev–Trinajstić information content (AvgIpc) is 2.74. The number of aromatic hydroxyl groups is 1. The molecule has 2 aromatic rings. The Kier molecular flexibility index (Phi) is 7.05. The van der Waals surface area contributed by atoms with E-state index in [-0.39, 0.29) is 28.5 Å². The highest BCUT2D eigenvalue weighted by Crippen LogP contribution is 2.46. The third-order valence-corrected chi connectivity index (χ3v) is 7.53. The second-order valence-electron chi connectivity index (χ2n) is 10.4. The van der Waals surface area contributed by atoms with E-state index in [0.29, 0.717) is 25.1 Å². The van der Waals surface area contributed by atoms with Gasteiger partial charge in [-0.15, -0.1) is 0 Å². The quantitative estimate of drug-likeness (QED) is 0.474. The summed E-state index contributed by atoms with van der Waals surface area (Å²) in [6.07, 6.45) is 0.338. The molecule has 0 spiro atoms. The number of hydrogen-bond donors (Lipinski definition) is 4. The fraction of sp³-hybridized carbons (Fsp3) is 0.440. The summed E-state index contributed by atoms with van der Waals surface area (Å²) in [7, 11) is -3.95. The van der Waals surface area contributed by atoms with E-state index < -0.39 is 32.5 Å². The zero-order valence-corrected chi connectivity index (χ0v) is 21.2. The Labute approximate surface area is 206 Å². The summed E-state index contributed by atoms with van der Waals surface area (Å²) in [5, 5.41) is 29.0. The first kappa shape index (κ1) is 26.7. The molecule has 0 aliphatic carbocycles. The minimum atomic E-state index is -3.95. The van der Waals surface area contributed by atoms with Crippen LogP contribution in [0.25, 0.3) is 0 Å². The number of nitrogens with two attached hydrogens (primary N) is 1. The van der Waals surface area contributed by atoms with E-state index in [1.807, 2.05) is 13.8 Å². The Morgan fingerprint density at radius 3 is 2.34 bits per heavy atom. The standard InChI is InChI=1S/C25H33N3O6S/c1-23(2)16-28(13-12-25(23,32)18-8-10-19(29)11-9-18)21(30)15-24(3,4)27-22(31)17-6-5-7-20(14-17)35(26,33)34/h5-11,14,29,32H,12-13,15-16H2,1-4H3,(H,27,31)(H2,26,33,34)/t25-/m0/s1. The van der Waals surface area contributed by atoms with Gasteiger partial charge in [-0.25, -0.2) is 13.6 Å². The van der Waals surface area contributed by atoms with Crippen LogP contribution in [0.15, 0.2) is 53.4 Å². The predicted octanol–water partition coefficient (Wildman–Crippen LogP) is 2.08. The maximum atomic E-state index is 13.2. The minimum absolute atomic E-state index is 0.0152. The molecule has 1 aliphatic heterocycles. The van der Waals surface area contributed by atoms with E-state index in [0.717, 1.165) is 0 Å². The van der Waals surface area contributed by atoms with Crippen LogP contribution in [0.2, 0.25) is 0 Å². The van der Waals surface area contributed by atoms with Crippen LogP contribution in [0.5, 0.6) is 5.75 Å². The predicted molar refractivity (Wildman–Crippen MR) is 131 cm³/mol. The molecule has 2 amide bonds. The van der Waals surface area contributed by atoms with Crippen molar-refractivity contribution in [1.82, 2.24) is 10.2 Å². The second kappa shape index (κ2) is 9.25. The number of carbonyl (C=O) groups excluding carboxylic acids is 2. The van der Waals surface area contributed by atoms with Gasteiger partial charge >= 0.3 is 0 Å². The third kappa shape index (κ3) is 5.83. The Morgan fingerprint density at radius 1 is 1.14 bits per heavy atom. The molecule has 9 nitrogen and oxygen atoms in total. The maximum Gasteiger partial charge on any atom is 0.251 e. The zero-order chi connectivity index (χ0) is 26.2.